The quantitative estimate of drug-likeness (QED) is 0.760. The molecule has 1 amide bonds. The molecule has 0 saturated carbocycles. The van der Waals surface area contributed by atoms with Crippen LogP contribution in [0.4, 0.5) is 0 Å². The van der Waals surface area contributed by atoms with E-state index in [1.807, 2.05) is 38.2 Å². The second-order valence-electron chi connectivity index (χ2n) is 7.62. The third-order valence-electron chi connectivity index (χ3n) is 5.51. The van der Waals surface area contributed by atoms with Crippen LogP contribution >= 0.6 is 0 Å². The lowest BCUT2D eigenvalue weighted by Crippen LogP contribution is -2.47. The highest BCUT2D eigenvalue weighted by molar-refractivity contribution is 7.89. The summed E-state index contributed by atoms with van der Waals surface area (Å²) in [4.78, 5) is 15.2. The van der Waals surface area contributed by atoms with E-state index in [4.69, 9.17) is 4.74 Å². The molecular weight excluding hydrogens is 402 g/mol. The fourth-order valence-electron chi connectivity index (χ4n) is 3.56. The van der Waals surface area contributed by atoms with Gasteiger partial charge >= 0.3 is 0 Å². The van der Waals surface area contributed by atoms with Crippen molar-refractivity contribution in [3.05, 3.63) is 59.2 Å². The lowest BCUT2D eigenvalue weighted by atomic mass is 10.0. The third-order valence-corrected chi connectivity index (χ3v) is 7.40. The molecule has 0 aliphatic carbocycles. The molecule has 0 bridgehead atoms. The highest BCUT2D eigenvalue weighted by atomic mass is 32.2. The Morgan fingerprint density at radius 3 is 2.43 bits per heavy atom. The smallest absolute Gasteiger partial charge is 0.252 e. The first-order valence-corrected chi connectivity index (χ1v) is 11.4. The number of carbonyl (C=O) groups is 1. The standard InChI is InChI=1S/C22H29N3O4S/c1-16-9-10-18(30(27,28)25-13-11-24(3)12-14-25)15-20(16)22(26)23-17(2)19-7-5-6-8-21(19)29-4/h5-10,15,17H,11-14H2,1-4H3,(H,23,26). The van der Waals surface area contributed by atoms with E-state index < -0.39 is 10.0 Å². The zero-order chi connectivity index (χ0) is 21.9. The molecule has 8 heteroatoms. The van der Waals surface area contributed by atoms with Crippen molar-refractivity contribution in [3.8, 4) is 5.75 Å². The van der Waals surface area contributed by atoms with Crippen LogP contribution in [-0.4, -0.2) is 63.9 Å². The number of para-hydroxylation sites is 1. The molecule has 0 spiro atoms. The largest absolute Gasteiger partial charge is 0.496 e. The highest BCUT2D eigenvalue weighted by Crippen LogP contribution is 2.26. The van der Waals surface area contributed by atoms with Crippen molar-refractivity contribution in [2.45, 2.75) is 24.8 Å². The van der Waals surface area contributed by atoms with Gasteiger partial charge in [-0.25, -0.2) is 8.42 Å². The van der Waals surface area contributed by atoms with Crippen molar-refractivity contribution < 1.29 is 17.9 Å². The number of ether oxygens (including phenoxy) is 1. The number of hydrogen-bond acceptors (Lipinski definition) is 5. The van der Waals surface area contributed by atoms with Gasteiger partial charge < -0.3 is 15.0 Å². The monoisotopic (exact) mass is 431 g/mol. The maximum absolute atomic E-state index is 13.1. The Hall–Kier alpha value is -2.42. The second kappa shape index (κ2) is 9.16. The Bertz CT molecular complexity index is 1010. The van der Waals surface area contributed by atoms with Gasteiger partial charge in [0.1, 0.15) is 5.75 Å². The number of hydrogen-bond donors (Lipinski definition) is 1. The molecule has 1 atom stereocenters. The van der Waals surface area contributed by atoms with Crippen molar-refractivity contribution in [3.63, 3.8) is 0 Å². The Morgan fingerprint density at radius 1 is 1.10 bits per heavy atom. The zero-order valence-corrected chi connectivity index (χ0v) is 18.7. The summed E-state index contributed by atoms with van der Waals surface area (Å²) >= 11 is 0. The number of carbonyl (C=O) groups excluding carboxylic acids is 1. The van der Waals surface area contributed by atoms with E-state index in [0.29, 0.717) is 37.5 Å². The minimum atomic E-state index is -3.64. The van der Waals surface area contributed by atoms with E-state index in [1.54, 1.807) is 26.2 Å². The molecule has 7 nitrogen and oxygen atoms in total. The molecule has 2 aromatic rings. The van der Waals surface area contributed by atoms with Crippen LogP contribution in [0.1, 0.15) is 34.5 Å². The summed E-state index contributed by atoms with van der Waals surface area (Å²) in [5.74, 6) is 0.370. The lowest BCUT2D eigenvalue weighted by Gasteiger charge is -2.31. The van der Waals surface area contributed by atoms with E-state index in [9.17, 15) is 13.2 Å². The molecular formula is C22H29N3O4S. The average Bonchev–Trinajstić information content (AvgIpc) is 2.74. The first-order valence-electron chi connectivity index (χ1n) is 9.97. The fourth-order valence-corrected chi connectivity index (χ4v) is 5.01. The maximum Gasteiger partial charge on any atom is 0.252 e. The van der Waals surface area contributed by atoms with Crippen molar-refractivity contribution in [2.24, 2.45) is 0 Å². The number of amides is 1. The predicted molar refractivity (Wildman–Crippen MR) is 116 cm³/mol. The first-order chi connectivity index (χ1) is 14.2. The second-order valence-corrected chi connectivity index (χ2v) is 9.56. The van der Waals surface area contributed by atoms with E-state index >= 15 is 0 Å². The molecule has 1 unspecified atom stereocenters. The number of likely N-dealkylation sites (N-methyl/N-ethyl adjacent to an activating group) is 1. The van der Waals surface area contributed by atoms with Crippen LogP contribution in [-0.2, 0) is 10.0 Å². The van der Waals surface area contributed by atoms with Crippen LogP contribution in [0.2, 0.25) is 0 Å². The Labute approximate surface area is 178 Å². The minimum absolute atomic E-state index is 0.146. The Balaban J connectivity index is 1.83. The Kier molecular flexibility index (Phi) is 6.80. The van der Waals surface area contributed by atoms with Crippen molar-refractivity contribution in [1.82, 2.24) is 14.5 Å². The fraction of sp³-hybridized carbons (Fsp3) is 0.409. The Morgan fingerprint density at radius 2 is 1.77 bits per heavy atom. The average molecular weight is 432 g/mol. The molecule has 0 aromatic heterocycles. The summed E-state index contributed by atoms with van der Waals surface area (Å²) in [5.41, 5.74) is 1.93. The summed E-state index contributed by atoms with van der Waals surface area (Å²) in [6.07, 6.45) is 0. The van der Waals surface area contributed by atoms with Crippen molar-refractivity contribution in [1.29, 1.82) is 0 Å². The summed E-state index contributed by atoms with van der Waals surface area (Å²) in [6, 6.07) is 11.9. The van der Waals surface area contributed by atoms with Crippen LogP contribution in [0.25, 0.3) is 0 Å². The highest BCUT2D eigenvalue weighted by Gasteiger charge is 2.28. The van der Waals surface area contributed by atoms with Gasteiger partial charge in [-0.1, -0.05) is 24.3 Å². The number of aryl methyl sites for hydroxylation is 1. The predicted octanol–water partition coefficient (Wildman–Crippen LogP) is 2.43. The van der Waals surface area contributed by atoms with Crippen molar-refractivity contribution >= 4 is 15.9 Å². The number of benzene rings is 2. The third kappa shape index (κ3) is 4.66. The maximum atomic E-state index is 13.1. The summed E-state index contributed by atoms with van der Waals surface area (Å²) in [6.45, 7) is 5.94. The molecule has 1 N–H and O–H groups in total. The van der Waals surface area contributed by atoms with Crippen LogP contribution in [0.15, 0.2) is 47.4 Å². The molecule has 1 aliphatic heterocycles. The molecule has 1 heterocycles. The van der Waals surface area contributed by atoms with Gasteiger partial charge in [0.25, 0.3) is 5.91 Å². The van der Waals surface area contributed by atoms with Gasteiger partial charge in [0.05, 0.1) is 18.0 Å². The van der Waals surface area contributed by atoms with Crippen LogP contribution in [0.5, 0.6) is 5.75 Å². The van der Waals surface area contributed by atoms with Crippen LogP contribution in [0.3, 0.4) is 0 Å². The number of piperazine rings is 1. The molecule has 0 radical (unpaired) electrons. The van der Waals surface area contributed by atoms with E-state index in [2.05, 4.69) is 10.2 Å². The SMILES string of the molecule is COc1ccccc1C(C)NC(=O)c1cc(S(=O)(=O)N2CCN(C)CC2)ccc1C. The van der Waals surface area contributed by atoms with Gasteiger partial charge in [-0.15, -0.1) is 0 Å². The van der Waals surface area contributed by atoms with E-state index in [0.717, 1.165) is 11.1 Å². The van der Waals surface area contributed by atoms with Gasteiger partial charge in [0, 0.05) is 37.3 Å². The zero-order valence-electron chi connectivity index (χ0n) is 17.9. The normalized spacial score (nSPS) is 16.8. The molecule has 1 fully saturated rings. The van der Waals surface area contributed by atoms with Crippen LogP contribution < -0.4 is 10.1 Å². The minimum Gasteiger partial charge on any atom is -0.496 e. The molecule has 1 aliphatic rings. The van der Waals surface area contributed by atoms with Crippen LogP contribution in [0, 0.1) is 6.92 Å². The van der Waals surface area contributed by atoms with Gasteiger partial charge in [-0.05, 0) is 44.7 Å². The molecule has 2 aromatic carbocycles. The lowest BCUT2D eigenvalue weighted by molar-refractivity contribution is 0.0938. The summed E-state index contributed by atoms with van der Waals surface area (Å²) in [5, 5.41) is 2.96. The number of rotatable bonds is 6. The molecule has 30 heavy (non-hydrogen) atoms. The topological polar surface area (TPSA) is 78.9 Å². The van der Waals surface area contributed by atoms with E-state index in [-0.39, 0.29) is 16.8 Å². The van der Waals surface area contributed by atoms with Gasteiger partial charge in [-0.2, -0.15) is 4.31 Å². The van der Waals surface area contributed by atoms with Gasteiger partial charge in [0.2, 0.25) is 10.0 Å². The van der Waals surface area contributed by atoms with Gasteiger partial charge in [-0.3, -0.25) is 4.79 Å². The summed E-state index contributed by atoms with van der Waals surface area (Å²) in [7, 11) is -0.0820. The molecule has 162 valence electrons. The number of sulfonamides is 1. The number of nitrogens with zero attached hydrogens (tertiary/aromatic N) is 2. The van der Waals surface area contributed by atoms with E-state index in [1.165, 1.54) is 10.4 Å². The van der Waals surface area contributed by atoms with Crippen molar-refractivity contribution in [2.75, 3.05) is 40.3 Å². The molecule has 3 rings (SSSR count). The number of methoxy groups -OCH3 is 1. The van der Waals surface area contributed by atoms with Gasteiger partial charge in [0.15, 0.2) is 0 Å². The molecule has 1 saturated heterocycles. The number of nitrogens with one attached hydrogen (secondary N) is 1. The summed E-state index contributed by atoms with van der Waals surface area (Å²) < 4.78 is 33.0. The first kappa shape index (κ1) is 22.3.